The van der Waals surface area contributed by atoms with E-state index in [-0.39, 0.29) is 24.8 Å². The highest BCUT2D eigenvalue weighted by Crippen LogP contribution is 2.30. The largest absolute Gasteiger partial charge is 0.384 e. The van der Waals surface area contributed by atoms with E-state index in [2.05, 4.69) is 53.5 Å². The normalized spacial score (nSPS) is 10.6. The van der Waals surface area contributed by atoms with E-state index >= 15 is 0 Å². The average Bonchev–Trinajstić information content (AvgIpc) is 2.63. The van der Waals surface area contributed by atoms with Crippen molar-refractivity contribution < 1.29 is 0 Å². The minimum absolute atomic E-state index is 0. The Morgan fingerprint density at radius 2 is 1.50 bits per heavy atom. The molecule has 0 saturated heterocycles. The second-order valence-corrected chi connectivity index (χ2v) is 6.30. The van der Waals surface area contributed by atoms with Crippen LogP contribution < -0.4 is 5.32 Å². The van der Waals surface area contributed by atoms with Crippen molar-refractivity contribution in [2.45, 2.75) is 13.3 Å². The number of rotatable bonds is 8. The molecule has 26 heavy (non-hydrogen) atoms. The standard InChI is InChI=1S/C20H24ClN3.2ClH/c1-2-24(15-12-21)14-7-13-22-20-16-8-3-5-10-18(16)23-19-11-6-4-9-17(19)20;;/h3-6,8-11H,2,7,12-15H2,1H3,(H,22,23);2*1H. The van der Waals surface area contributed by atoms with Crippen LogP contribution in [0.4, 0.5) is 5.69 Å². The highest BCUT2D eigenvalue weighted by molar-refractivity contribution is 6.18. The van der Waals surface area contributed by atoms with Gasteiger partial charge in [-0.25, -0.2) is 4.98 Å². The number of para-hydroxylation sites is 2. The van der Waals surface area contributed by atoms with Gasteiger partial charge in [0.1, 0.15) is 0 Å². The molecule has 1 N–H and O–H groups in total. The smallest absolute Gasteiger partial charge is 0.0730 e. The van der Waals surface area contributed by atoms with Crippen molar-refractivity contribution in [2.24, 2.45) is 0 Å². The van der Waals surface area contributed by atoms with Crippen LogP contribution >= 0.6 is 36.4 Å². The zero-order valence-corrected chi connectivity index (χ0v) is 17.3. The first-order valence-electron chi connectivity index (χ1n) is 8.63. The Balaban J connectivity index is 0.00000169. The van der Waals surface area contributed by atoms with Gasteiger partial charge in [-0.2, -0.15) is 0 Å². The summed E-state index contributed by atoms with van der Waals surface area (Å²) in [4.78, 5) is 7.16. The Morgan fingerprint density at radius 1 is 0.923 bits per heavy atom. The Kier molecular flexibility index (Phi) is 10.0. The Bertz CT molecular complexity index is 757. The van der Waals surface area contributed by atoms with Crippen LogP contribution in [0.1, 0.15) is 13.3 Å². The third-order valence-electron chi connectivity index (χ3n) is 4.39. The third-order valence-corrected chi connectivity index (χ3v) is 4.56. The molecule has 0 unspecified atom stereocenters. The molecule has 6 heteroatoms. The molecule has 0 atom stereocenters. The topological polar surface area (TPSA) is 28.2 Å². The molecule has 0 spiro atoms. The summed E-state index contributed by atoms with van der Waals surface area (Å²) in [6.45, 7) is 6.20. The van der Waals surface area contributed by atoms with E-state index in [9.17, 15) is 0 Å². The number of anilines is 1. The summed E-state index contributed by atoms with van der Waals surface area (Å²) in [6, 6.07) is 16.7. The number of halogens is 3. The first kappa shape index (κ1) is 22.8. The first-order valence-corrected chi connectivity index (χ1v) is 9.16. The number of nitrogens with one attached hydrogen (secondary N) is 1. The van der Waals surface area contributed by atoms with E-state index in [4.69, 9.17) is 16.6 Å². The molecule has 0 saturated carbocycles. The number of pyridine rings is 1. The summed E-state index contributed by atoms with van der Waals surface area (Å²) in [7, 11) is 0. The minimum atomic E-state index is 0. The Hall–Kier alpha value is -1.26. The molecule has 2 aromatic carbocycles. The number of hydrogen-bond acceptors (Lipinski definition) is 3. The Labute approximate surface area is 172 Å². The molecule has 0 aliphatic heterocycles. The molecule has 142 valence electrons. The predicted octanol–water partition coefficient (Wildman–Crippen LogP) is 5.59. The summed E-state index contributed by atoms with van der Waals surface area (Å²) in [5.41, 5.74) is 3.27. The summed E-state index contributed by atoms with van der Waals surface area (Å²) in [5, 5.41) is 6.02. The molecule has 1 heterocycles. The molecule has 0 aliphatic carbocycles. The van der Waals surface area contributed by atoms with E-state index in [1.165, 1.54) is 16.5 Å². The SMILES string of the molecule is CCN(CCCl)CCCNc1c2ccccc2nc2ccccc12.Cl.Cl. The number of aromatic nitrogens is 1. The molecule has 3 aromatic rings. The van der Waals surface area contributed by atoms with Crippen molar-refractivity contribution in [2.75, 3.05) is 37.4 Å². The van der Waals surface area contributed by atoms with Gasteiger partial charge >= 0.3 is 0 Å². The van der Waals surface area contributed by atoms with Gasteiger partial charge in [-0.1, -0.05) is 43.3 Å². The van der Waals surface area contributed by atoms with Gasteiger partial charge in [0.15, 0.2) is 0 Å². The lowest BCUT2D eigenvalue weighted by Gasteiger charge is -2.19. The van der Waals surface area contributed by atoms with Gasteiger partial charge in [-0.15, -0.1) is 36.4 Å². The van der Waals surface area contributed by atoms with Crippen molar-refractivity contribution in [3.8, 4) is 0 Å². The van der Waals surface area contributed by atoms with Crippen LogP contribution in [0.2, 0.25) is 0 Å². The van der Waals surface area contributed by atoms with Gasteiger partial charge in [0.05, 0.1) is 16.7 Å². The molecule has 0 amide bonds. The maximum Gasteiger partial charge on any atom is 0.0730 e. The van der Waals surface area contributed by atoms with Crippen molar-refractivity contribution in [1.29, 1.82) is 0 Å². The van der Waals surface area contributed by atoms with E-state index in [0.717, 1.165) is 43.6 Å². The average molecular weight is 415 g/mol. The van der Waals surface area contributed by atoms with E-state index in [1.807, 2.05) is 12.1 Å². The van der Waals surface area contributed by atoms with Crippen LogP contribution in [0.25, 0.3) is 21.8 Å². The Morgan fingerprint density at radius 3 is 2.04 bits per heavy atom. The van der Waals surface area contributed by atoms with Gasteiger partial charge in [-0.3, -0.25) is 0 Å². The molecular weight excluding hydrogens is 389 g/mol. The maximum atomic E-state index is 5.85. The number of benzene rings is 2. The summed E-state index contributed by atoms with van der Waals surface area (Å²) >= 11 is 5.85. The quantitative estimate of drug-likeness (QED) is 0.296. The van der Waals surface area contributed by atoms with Gasteiger partial charge in [0.25, 0.3) is 0 Å². The second-order valence-electron chi connectivity index (χ2n) is 5.92. The molecule has 1 aromatic heterocycles. The monoisotopic (exact) mass is 413 g/mol. The number of nitrogens with zero attached hydrogens (tertiary/aromatic N) is 2. The van der Waals surface area contributed by atoms with Crippen LogP contribution in [0, 0.1) is 0 Å². The van der Waals surface area contributed by atoms with Crippen LogP contribution in [0.15, 0.2) is 48.5 Å². The fraction of sp³-hybridized carbons (Fsp3) is 0.350. The summed E-state index contributed by atoms with van der Waals surface area (Å²) < 4.78 is 0. The number of hydrogen-bond donors (Lipinski definition) is 1. The van der Waals surface area contributed by atoms with E-state index in [0.29, 0.717) is 5.88 Å². The molecule has 0 aliphatic rings. The van der Waals surface area contributed by atoms with Crippen LogP contribution in [0.5, 0.6) is 0 Å². The zero-order chi connectivity index (χ0) is 16.8. The van der Waals surface area contributed by atoms with Gasteiger partial charge in [0, 0.05) is 29.7 Å². The summed E-state index contributed by atoms with van der Waals surface area (Å²) in [5.74, 6) is 0.695. The molecular formula is C20H26Cl3N3. The fourth-order valence-electron chi connectivity index (χ4n) is 3.09. The molecule has 3 rings (SSSR count). The summed E-state index contributed by atoms with van der Waals surface area (Å²) in [6.07, 6.45) is 1.09. The van der Waals surface area contributed by atoms with Crippen molar-refractivity contribution in [1.82, 2.24) is 9.88 Å². The highest BCUT2D eigenvalue weighted by Gasteiger charge is 2.08. The second kappa shape index (κ2) is 11.5. The van der Waals surface area contributed by atoms with E-state index < -0.39 is 0 Å². The van der Waals surface area contributed by atoms with Crippen LogP contribution in [0.3, 0.4) is 0 Å². The van der Waals surface area contributed by atoms with Gasteiger partial charge in [-0.05, 0) is 31.6 Å². The fourth-order valence-corrected chi connectivity index (χ4v) is 3.33. The molecule has 0 radical (unpaired) electrons. The number of fused-ring (bicyclic) bond motifs is 2. The predicted molar refractivity (Wildman–Crippen MR) is 120 cm³/mol. The maximum absolute atomic E-state index is 5.85. The first-order chi connectivity index (χ1) is 11.8. The van der Waals surface area contributed by atoms with Crippen molar-refractivity contribution in [3.63, 3.8) is 0 Å². The molecule has 3 nitrogen and oxygen atoms in total. The molecule has 0 bridgehead atoms. The minimum Gasteiger partial charge on any atom is -0.384 e. The number of alkyl halides is 1. The van der Waals surface area contributed by atoms with Crippen LogP contribution in [-0.4, -0.2) is 41.9 Å². The lowest BCUT2D eigenvalue weighted by atomic mass is 10.1. The van der Waals surface area contributed by atoms with Gasteiger partial charge in [0.2, 0.25) is 0 Å². The van der Waals surface area contributed by atoms with Gasteiger partial charge < -0.3 is 10.2 Å². The molecule has 0 fully saturated rings. The van der Waals surface area contributed by atoms with Crippen molar-refractivity contribution >= 4 is 63.9 Å². The highest BCUT2D eigenvalue weighted by atomic mass is 35.5. The lowest BCUT2D eigenvalue weighted by Crippen LogP contribution is -2.27. The van der Waals surface area contributed by atoms with E-state index in [1.54, 1.807) is 0 Å². The lowest BCUT2D eigenvalue weighted by molar-refractivity contribution is 0.304. The zero-order valence-electron chi connectivity index (χ0n) is 15.0. The van der Waals surface area contributed by atoms with Crippen LogP contribution in [-0.2, 0) is 0 Å². The third kappa shape index (κ3) is 5.37. The van der Waals surface area contributed by atoms with Crippen molar-refractivity contribution in [3.05, 3.63) is 48.5 Å².